The molecular formula is C64H37N3O2. The van der Waals surface area contributed by atoms with Crippen LogP contribution in [0, 0.1) is 0 Å². The molecule has 0 bridgehead atoms. The lowest BCUT2D eigenvalue weighted by Gasteiger charge is -2.32. The number of furan rings is 2. The topological polar surface area (TPSA) is 65.0 Å². The fraction of sp³-hybridized carbons (Fsp3) is 0.0156. The molecule has 15 rings (SSSR count). The van der Waals surface area contributed by atoms with Gasteiger partial charge in [0.2, 0.25) is 0 Å². The Morgan fingerprint density at radius 3 is 1.55 bits per heavy atom. The van der Waals surface area contributed by atoms with E-state index in [1.807, 2.05) is 66.7 Å². The SMILES string of the molecule is c1ccc(-c2nc(-c3ccc4c(c3)oc3ccccc34)nc(-c3cccc4oc5ccc(-c6ccc(-c7cccc8c7C7(c9ccccc9-c9ccccc97)c7ccccc7-8)cc6)cc5c34)n2)cc1. The fourth-order valence-corrected chi connectivity index (χ4v) is 11.6. The minimum atomic E-state index is -0.428. The van der Waals surface area contributed by atoms with Gasteiger partial charge in [-0.05, 0) is 103 Å². The molecule has 320 valence electrons. The number of para-hydroxylation sites is 1. The minimum absolute atomic E-state index is 0.428. The van der Waals surface area contributed by atoms with Crippen LogP contribution in [0.1, 0.15) is 22.3 Å². The van der Waals surface area contributed by atoms with Gasteiger partial charge in [0.1, 0.15) is 22.3 Å². The summed E-state index contributed by atoms with van der Waals surface area (Å²) in [6.07, 6.45) is 0. The van der Waals surface area contributed by atoms with Crippen LogP contribution in [0.15, 0.2) is 233 Å². The summed E-state index contributed by atoms with van der Waals surface area (Å²) in [5, 5.41) is 4.08. The van der Waals surface area contributed by atoms with Crippen LogP contribution in [0.5, 0.6) is 0 Å². The molecule has 0 atom stereocenters. The van der Waals surface area contributed by atoms with Crippen LogP contribution in [0.4, 0.5) is 0 Å². The van der Waals surface area contributed by atoms with Crippen LogP contribution in [-0.2, 0) is 5.41 Å². The lowest BCUT2D eigenvalue weighted by Crippen LogP contribution is -2.26. The van der Waals surface area contributed by atoms with Gasteiger partial charge >= 0.3 is 0 Å². The van der Waals surface area contributed by atoms with E-state index >= 15 is 0 Å². The van der Waals surface area contributed by atoms with Crippen molar-refractivity contribution in [2.45, 2.75) is 5.41 Å². The highest BCUT2D eigenvalue weighted by atomic mass is 16.3. The third-order valence-corrected chi connectivity index (χ3v) is 14.6. The second-order valence-electron chi connectivity index (χ2n) is 18.2. The van der Waals surface area contributed by atoms with Gasteiger partial charge in [-0.2, -0.15) is 0 Å². The van der Waals surface area contributed by atoms with Gasteiger partial charge < -0.3 is 8.83 Å². The second-order valence-corrected chi connectivity index (χ2v) is 18.2. The molecule has 69 heavy (non-hydrogen) atoms. The number of hydrogen-bond donors (Lipinski definition) is 0. The first-order valence-corrected chi connectivity index (χ1v) is 23.4. The number of hydrogen-bond acceptors (Lipinski definition) is 5. The maximum absolute atomic E-state index is 6.57. The van der Waals surface area contributed by atoms with E-state index in [4.69, 9.17) is 23.8 Å². The number of fused-ring (bicyclic) bond motifs is 16. The van der Waals surface area contributed by atoms with Crippen molar-refractivity contribution in [1.82, 2.24) is 15.0 Å². The summed E-state index contributed by atoms with van der Waals surface area (Å²) in [5.41, 5.74) is 20.6. The summed E-state index contributed by atoms with van der Waals surface area (Å²) in [7, 11) is 0. The Hall–Kier alpha value is -9.19. The molecule has 2 aliphatic carbocycles. The van der Waals surface area contributed by atoms with Crippen LogP contribution in [0.3, 0.4) is 0 Å². The molecule has 3 heterocycles. The minimum Gasteiger partial charge on any atom is -0.456 e. The number of rotatable bonds is 5. The Kier molecular flexibility index (Phi) is 7.93. The van der Waals surface area contributed by atoms with Gasteiger partial charge in [-0.15, -0.1) is 0 Å². The van der Waals surface area contributed by atoms with Crippen LogP contribution in [-0.4, -0.2) is 15.0 Å². The summed E-state index contributed by atoms with van der Waals surface area (Å²) >= 11 is 0. The van der Waals surface area contributed by atoms with E-state index in [2.05, 4.69) is 158 Å². The Bertz CT molecular complexity index is 4200. The van der Waals surface area contributed by atoms with Gasteiger partial charge in [0, 0.05) is 38.2 Å². The predicted octanol–water partition coefficient (Wildman–Crippen LogP) is 16.3. The van der Waals surface area contributed by atoms with Gasteiger partial charge in [-0.3, -0.25) is 0 Å². The highest BCUT2D eigenvalue weighted by Gasteiger charge is 2.52. The molecule has 3 aromatic heterocycles. The zero-order valence-electron chi connectivity index (χ0n) is 37.0. The molecule has 13 aromatic rings. The molecule has 0 unspecified atom stereocenters. The molecule has 10 aromatic carbocycles. The van der Waals surface area contributed by atoms with Crippen molar-refractivity contribution in [2.75, 3.05) is 0 Å². The van der Waals surface area contributed by atoms with E-state index in [1.165, 1.54) is 55.6 Å². The summed E-state index contributed by atoms with van der Waals surface area (Å²) in [6, 6.07) is 79.9. The zero-order chi connectivity index (χ0) is 45.2. The fourth-order valence-electron chi connectivity index (χ4n) is 11.6. The molecule has 1 spiro atoms. The van der Waals surface area contributed by atoms with Crippen LogP contribution in [0.2, 0.25) is 0 Å². The Labute approximate surface area is 396 Å². The van der Waals surface area contributed by atoms with Crippen LogP contribution in [0.25, 0.3) is 123 Å². The number of aromatic nitrogens is 3. The van der Waals surface area contributed by atoms with E-state index in [0.717, 1.165) is 71.7 Å². The van der Waals surface area contributed by atoms with Crippen molar-refractivity contribution in [3.8, 4) is 78.7 Å². The largest absolute Gasteiger partial charge is 0.456 e. The average molecular weight is 880 g/mol. The first kappa shape index (κ1) is 38.0. The summed E-state index contributed by atoms with van der Waals surface area (Å²) in [6.45, 7) is 0. The van der Waals surface area contributed by atoms with Crippen molar-refractivity contribution in [1.29, 1.82) is 0 Å². The first-order chi connectivity index (χ1) is 34.2. The number of benzene rings is 10. The van der Waals surface area contributed by atoms with Gasteiger partial charge in [0.25, 0.3) is 0 Å². The van der Waals surface area contributed by atoms with E-state index in [0.29, 0.717) is 17.5 Å². The lowest BCUT2D eigenvalue weighted by molar-refractivity contribution is 0.668. The lowest BCUT2D eigenvalue weighted by atomic mass is 9.68. The third-order valence-electron chi connectivity index (χ3n) is 14.6. The predicted molar refractivity (Wildman–Crippen MR) is 278 cm³/mol. The molecule has 0 aliphatic heterocycles. The smallest absolute Gasteiger partial charge is 0.164 e. The van der Waals surface area contributed by atoms with E-state index < -0.39 is 5.41 Å². The molecule has 5 nitrogen and oxygen atoms in total. The zero-order valence-corrected chi connectivity index (χ0v) is 37.0. The molecule has 0 fully saturated rings. The third kappa shape index (κ3) is 5.44. The standard InChI is InChI=1S/C64H37N3O2/c1-2-14-40(15-3-1)61-65-62(42-32-34-48-47-19-7-11-26-55(47)69-58(48)37-42)67-63(66-61)50-22-13-27-57-59(50)51-36-41(33-35-56(51)68-57)38-28-30-39(31-29-38)43-20-12-21-49-46-18-6-10-25-54(46)64(60(43)49)52-23-8-4-16-44(52)45-17-5-9-24-53(45)64/h1-37H. The normalized spacial score (nSPS) is 13.0. The summed E-state index contributed by atoms with van der Waals surface area (Å²) in [4.78, 5) is 15.4. The Morgan fingerprint density at radius 1 is 0.275 bits per heavy atom. The number of nitrogens with zero attached hydrogens (tertiary/aromatic N) is 3. The maximum atomic E-state index is 6.57. The second kappa shape index (κ2) is 14.4. The van der Waals surface area contributed by atoms with Gasteiger partial charge in [-0.1, -0.05) is 188 Å². The van der Waals surface area contributed by atoms with Crippen LogP contribution >= 0.6 is 0 Å². The Balaban J connectivity index is 0.856. The van der Waals surface area contributed by atoms with E-state index in [1.54, 1.807) is 0 Å². The van der Waals surface area contributed by atoms with E-state index in [-0.39, 0.29) is 0 Å². The first-order valence-electron chi connectivity index (χ1n) is 23.4. The molecule has 2 aliphatic rings. The molecule has 0 N–H and O–H groups in total. The monoisotopic (exact) mass is 879 g/mol. The van der Waals surface area contributed by atoms with Gasteiger partial charge in [0.15, 0.2) is 17.5 Å². The van der Waals surface area contributed by atoms with Crippen molar-refractivity contribution in [3.05, 3.63) is 247 Å². The molecule has 0 saturated carbocycles. The average Bonchev–Trinajstić information content (AvgIpc) is 4.16. The summed E-state index contributed by atoms with van der Waals surface area (Å²) < 4.78 is 12.9. The van der Waals surface area contributed by atoms with Crippen molar-refractivity contribution in [3.63, 3.8) is 0 Å². The van der Waals surface area contributed by atoms with Gasteiger partial charge in [0.05, 0.1) is 5.41 Å². The van der Waals surface area contributed by atoms with Crippen molar-refractivity contribution < 1.29 is 8.83 Å². The van der Waals surface area contributed by atoms with Crippen molar-refractivity contribution in [2.24, 2.45) is 0 Å². The molecule has 0 radical (unpaired) electrons. The maximum Gasteiger partial charge on any atom is 0.164 e. The molecular weight excluding hydrogens is 843 g/mol. The van der Waals surface area contributed by atoms with Crippen LogP contribution < -0.4 is 0 Å². The molecule has 5 heteroatoms. The van der Waals surface area contributed by atoms with Crippen molar-refractivity contribution >= 4 is 43.9 Å². The Morgan fingerprint density at radius 2 is 0.783 bits per heavy atom. The highest BCUT2D eigenvalue weighted by molar-refractivity contribution is 6.13. The highest BCUT2D eigenvalue weighted by Crippen LogP contribution is 2.64. The van der Waals surface area contributed by atoms with E-state index in [9.17, 15) is 0 Å². The molecule has 0 amide bonds. The summed E-state index contributed by atoms with van der Waals surface area (Å²) in [5.74, 6) is 1.72. The molecule has 0 saturated heterocycles. The van der Waals surface area contributed by atoms with Gasteiger partial charge in [-0.25, -0.2) is 15.0 Å². The quantitative estimate of drug-likeness (QED) is 0.172.